The molecular weight excluding hydrogens is 228 g/mol. The van der Waals surface area contributed by atoms with Crippen molar-refractivity contribution in [1.29, 1.82) is 0 Å². The van der Waals surface area contributed by atoms with Gasteiger partial charge in [-0.3, -0.25) is 4.79 Å². The van der Waals surface area contributed by atoms with Crippen molar-refractivity contribution >= 4 is 11.6 Å². The van der Waals surface area contributed by atoms with Crippen LogP contribution < -0.4 is 5.32 Å². The average molecular weight is 246 g/mol. The number of likely N-dealkylation sites (tertiary alicyclic amines) is 1. The summed E-state index contributed by atoms with van der Waals surface area (Å²) in [4.78, 5) is 14.0. The molecular formula is C14H18N2O2. The van der Waals surface area contributed by atoms with Crippen LogP contribution in [0.15, 0.2) is 18.2 Å². The van der Waals surface area contributed by atoms with Gasteiger partial charge < -0.3 is 15.3 Å². The predicted molar refractivity (Wildman–Crippen MR) is 69.7 cm³/mol. The summed E-state index contributed by atoms with van der Waals surface area (Å²) in [5.41, 5.74) is 3.18. The lowest BCUT2D eigenvalue weighted by Gasteiger charge is -2.38. The van der Waals surface area contributed by atoms with Gasteiger partial charge in [-0.2, -0.15) is 0 Å². The number of nitrogens with zero attached hydrogens (tertiary/aromatic N) is 1. The maximum absolute atomic E-state index is 12.2. The number of fused-ring (bicyclic) bond motifs is 1. The van der Waals surface area contributed by atoms with Gasteiger partial charge in [-0.05, 0) is 36.6 Å². The Labute approximate surface area is 107 Å². The highest BCUT2D eigenvalue weighted by Crippen LogP contribution is 2.25. The zero-order valence-corrected chi connectivity index (χ0v) is 10.4. The summed E-state index contributed by atoms with van der Waals surface area (Å²) in [6.07, 6.45) is 2.17. The minimum Gasteiger partial charge on any atom is -0.396 e. The summed E-state index contributed by atoms with van der Waals surface area (Å²) in [6, 6.07) is 5.91. The predicted octanol–water partition coefficient (Wildman–Crippen LogP) is 1.11. The molecule has 0 aromatic heterocycles. The van der Waals surface area contributed by atoms with Crippen LogP contribution in [0.25, 0.3) is 0 Å². The Hall–Kier alpha value is -1.55. The Kier molecular flexibility index (Phi) is 2.96. The van der Waals surface area contributed by atoms with Gasteiger partial charge in [0, 0.05) is 43.4 Å². The van der Waals surface area contributed by atoms with E-state index in [2.05, 4.69) is 5.32 Å². The van der Waals surface area contributed by atoms with Crippen molar-refractivity contribution in [3.63, 3.8) is 0 Å². The third-order valence-electron chi connectivity index (χ3n) is 3.79. The molecule has 0 aliphatic carbocycles. The summed E-state index contributed by atoms with van der Waals surface area (Å²) >= 11 is 0. The summed E-state index contributed by atoms with van der Waals surface area (Å²) < 4.78 is 0. The van der Waals surface area contributed by atoms with Crippen LogP contribution >= 0.6 is 0 Å². The van der Waals surface area contributed by atoms with Gasteiger partial charge in [0.05, 0.1) is 0 Å². The van der Waals surface area contributed by atoms with E-state index in [1.807, 2.05) is 18.2 Å². The monoisotopic (exact) mass is 246 g/mol. The molecule has 1 aromatic carbocycles. The fourth-order valence-electron chi connectivity index (χ4n) is 2.64. The molecule has 0 unspecified atom stereocenters. The molecule has 1 fully saturated rings. The smallest absolute Gasteiger partial charge is 0.253 e. The van der Waals surface area contributed by atoms with Gasteiger partial charge in [0.15, 0.2) is 0 Å². The zero-order chi connectivity index (χ0) is 12.5. The first-order valence-corrected chi connectivity index (χ1v) is 6.55. The van der Waals surface area contributed by atoms with Gasteiger partial charge >= 0.3 is 0 Å². The molecule has 2 aliphatic heterocycles. The lowest BCUT2D eigenvalue weighted by molar-refractivity contribution is 0.0362. The van der Waals surface area contributed by atoms with Crippen molar-refractivity contribution in [2.45, 2.75) is 12.8 Å². The van der Waals surface area contributed by atoms with Gasteiger partial charge in [0.1, 0.15) is 0 Å². The molecule has 4 heteroatoms. The van der Waals surface area contributed by atoms with E-state index in [9.17, 15) is 4.79 Å². The van der Waals surface area contributed by atoms with Crippen LogP contribution in [0.4, 0.5) is 5.69 Å². The van der Waals surface area contributed by atoms with Crippen LogP contribution in [0.2, 0.25) is 0 Å². The minimum absolute atomic E-state index is 0.0908. The molecule has 4 nitrogen and oxygen atoms in total. The molecule has 0 radical (unpaired) electrons. The van der Waals surface area contributed by atoms with Crippen molar-refractivity contribution in [1.82, 2.24) is 4.90 Å². The molecule has 18 heavy (non-hydrogen) atoms. The number of benzene rings is 1. The van der Waals surface area contributed by atoms with Crippen LogP contribution in [0.1, 0.15) is 22.3 Å². The number of aryl methyl sites for hydroxylation is 1. The number of carbonyl (C=O) groups is 1. The van der Waals surface area contributed by atoms with E-state index in [1.165, 1.54) is 5.56 Å². The van der Waals surface area contributed by atoms with Gasteiger partial charge in [0.2, 0.25) is 0 Å². The highest BCUT2D eigenvalue weighted by molar-refractivity contribution is 5.95. The second-order valence-corrected chi connectivity index (χ2v) is 5.16. The van der Waals surface area contributed by atoms with Crippen LogP contribution in [0.5, 0.6) is 0 Å². The summed E-state index contributed by atoms with van der Waals surface area (Å²) in [7, 11) is 0. The maximum atomic E-state index is 12.2. The minimum atomic E-state index is 0.0908. The van der Waals surface area contributed by atoms with E-state index in [-0.39, 0.29) is 18.4 Å². The Morgan fingerprint density at radius 3 is 3.06 bits per heavy atom. The van der Waals surface area contributed by atoms with Crippen LogP contribution in [0.3, 0.4) is 0 Å². The number of amides is 1. The average Bonchev–Trinajstić information content (AvgIpc) is 2.37. The third-order valence-corrected chi connectivity index (χ3v) is 3.79. The van der Waals surface area contributed by atoms with E-state index >= 15 is 0 Å². The molecule has 2 aliphatic rings. The number of aliphatic hydroxyl groups excluding tert-OH is 1. The third kappa shape index (κ3) is 1.97. The van der Waals surface area contributed by atoms with Gasteiger partial charge in [-0.15, -0.1) is 0 Å². The zero-order valence-electron chi connectivity index (χ0n) is 10.4. The van der Waals surface area contributed by atoms with E-state index in [0.717, 1.165) is 30.6 Å². The maximum Gasteiger partial charge on any atom is 0.253 e. The molecule has 1 saturated heterocycles. The van der Waals surface area contributed by atoms with Crippen molar-refractivity contribution in [3.05, 3.63) is 29.3 Å². The Morgan fingerprint density at radius 2 is 2.28 bits per heavy atom. The molecule has 2 N–H and O–H groups in total. The van der Waals surface area contributed by atoms with Crippen LogP contribution in [0, 0.1) is 5.92 Å². The van der Waals surface area contributed by atoms with Crippen molar-refractivity contribution in [2.75, 3.05) is 31.6 Å². The molecule has 0 spiro atoms. The summed E-state index contributed by atoms with van der Waals surface area (Å²) in [5, 5.41) is 12.3. The number of anilines is 1. The normalized spacial score (nSPS) is 18.8. The topological polar surface area (TPSA) is 52.6 Å². The van der Waals surface area contributed by atoms with Crippen molar-refractivity contribution in [2.24, 2.45) is 5.92 Å². The Balaban J connectivity index is 1.74. The van der Waals surface area contributed by atoms with Crippen LogP contribution in [-0.2, 0) is 6.42 Å². The van der Waals surface area contributed by atoms with Crippen molar-refractivity contribution < 1.29 is 9.90 Å². The number of rotatable bonds is 2. The molecule has 1 amide bonds. The highest BCUT2D eigenvalue weighted by atomic mass is 16.3. The second-order valence-electron chi connectivity index (χ2n) is 5.16. The number of carbonyl (C=O) groups excluding carboxylic acids is 1. The number of nitrogens with one attached hydrogen (secondary N) is 1. The van der Waals surface area contributed by atoms with Crippen LogP contribution in [-0.4, -0.2) is 42.2 Å². The standard InChI is InChI=1S/C14H18N2O2/c17-9-10-7-16(8-10)14(18)12-3-4-13-11(6-12)2-1-5-15-13/h3-4,6,10,15,17H,1-2,5,7-9H2. The Morgan fingerprint density at radius 1 is 1.44 bits per heavy atom. The van der Waals surface area contributed by atoms with Gasteiger partial charge in [0.25, 0.3) is 5.91 Å². The molecule has 0 atom stereocenters. The number of hydrogen-bond acceptors (Lipinski definition) is 3. The van der Waals surface area contributed by atoms with Gasteiger partial charge in [-0.25, -0.2) is 0 Å². The summed E-state index contributed by atoms with van der Waals surface area (Å²) in [5.74, 6) is 0.362. The fraction of sp³-hybridized carbons (Fsp3) is 0.500. The molecule has 1 aromatic rings. The van der Waals surface area contributed by atoms with E-state index < -0.39 is 0 Å². The van der Waals surface area contributed by atoms with Crippen molar-refractivity contribution in [3.8, 4) is 0 Å². The molecule has 3 rings (SSSR count). The lowest BCUT2D eigenvalue weighted by Crippen LogP contribution is -2.51. The van der Waals surface area contributed by atoms with E-state index in [1.54, 1.807) is 4.90 Å². The fourth-order valence-corrected chi connectivity index (χ4v) is 2.64. The second kappa shape index (κ2) is 4.61. The highest BCUT2D eigenvalue weighted by Gasteiger charge is 2.30. The molecule has 96 valence electrons. The van der Waals surface area contributed by atoms with Gasteiger partial charge in [-0.1, -0.05) is 0 Å². The molecule has 0 saturated carbocycles. The SMILES string of the molecule is O=C(c1ccc2c(c1)CCCN2)N1CC(CO)C1. The first-order chi connectivity index (χ1) is 8.78. The quantitative estimate of drug-likeness (QED) is 0.822. The number of aliphatic hydroxyl groups is 1. The molecule has 2 heterocycles. The van der Waals surface area contributed by atoms with E-state index in [0.29, 0.717) is 13.1 Å². The lowest BCUT2D eigenvalue weighted by atomic mass is 9.97. The van der Waals surface area contributed by atoms with E-state index in [4.69, 9.17) is 5.11 Å². The Bertz CT molecular complexity index is 467. The first-order valence-electron chi connectivity index (χ1n) is 6.55. The number of hydrogen-bond donors (Lipinski definition) is 2. The first kappa shape index (κ1) is 11.5. The molecule has 0 bridgehead atoms. The summed E-state index contributed by atoms with van der Waals surface area (Å²) in [6.45, 7) is 2.57. The largest absolute Gasteiger partial charge is 0.396 e.